The Morgan fingerprint density at radius 1 is 1.56 bits per heavy atom. The highest BCUT2D eigenvalue weighted by molar-refractivity contribution is 6.05. The summed E-state index contributed by atoms with van der Waals surface area (Å²) in [5.74, 6) is -0.324. The molecule has 0 aromatic carbocycles. The van der Waals surface area contributed by atoms with E-state index in [1.807, 2.05) is 0 Å². The summed E-state index contributed by atoms with van der Waals surface area (Å²) in [5.41, 5.74) is 4.46. The van der Waals surface area contributed by atoms with Crippen molar-refractivity contribution >= 4 is 11.7 Å². The van der Waals surface area contributed by atoms with Gasteiger partial charge in [0, 0.05) is 13.2 Å². The number of hydrogen-bond acceptors (Lipinski definition) is 4. The first-order valence-corrected chi connectivity index (χ1v) is 5.23. The SMILES string of the molecule is COC1CC(NC(=O)C(C)(C)C(N)=NO)C1. The summed E-state index contributed by atoms with van der Waals surface area (Å²) in [7, 11) is 1.66. The largest absolute Gasteiger partial charge is 0.409 e. The zero-order valence-electron chi connectivity index (χ0n) is 9.86. The molecule has 1 rings (SSSR count). The molecule has 0 aromatic rings. The van der Waals surface area contributed by atoms with Crippen LogP contribution in [0.25, 0.3) is 0 Å². The van der Waals surface area contributed by atoms with Crippen LogP contribution in [0.1, 0.15) is 26.7 Å². The van der Waals surface area contributed by atoms with Gasteiger partial charge in [-0.15, -0.1) is 0 Å². The van der Waals surface area contributed by atoms with Gasteiger partial charge in [-0.25, -0.2) is 0 Å². The normalized spacial score (nSPS) is 26.1. The molecule has 0 aliphatic heterocycles. The van der Waals surface area contributed by atoms with Crippen LogP contribution in [0.2, 0.25) is 0 Å². The zero-order valence-corrected chi connectivity index (χ0v) is 9.86. The first-order valence-electron chi connectivity index (χ1n) is 5.23. The minimum Gasteiger partial charge on any atom is -0.409 e. The Morgan fingerprint density at radius 3 is 2.56 bits per heavy atom. The van der Waals surface area contributed by atoms with Crippen molar-refractivity contribution in [3.63, 3.8) is 0 Å². The molecule has 1 aliphatic rings. The average Bonchev–Trinajstić information content (AvgIpc) is 2.20. The van der Waals surface area contributed by atoms with Crippen molar-refractivity contribution in [3.05, 3.63) is 0 Å². The third-order valence-electron chi connectivity index (χ3n) is 3.08. The second-order valence-electron chi connectivity index (χ2n) is 4.61. The van der Waals surface area contributed by atoms with Crippen molar-refractivity contribution in [2.45, 2.75) is 38.8 Å². The van der Waals surface area contributed by atoms with Gasteiger partial charge in [0.25, 0.3) is 0 Å². The molecule has 16 heavy (non-hydrogen) atoms. The van der Waals surface area contributed by atoms with Crippen LogP contribution in [0.15, 0.2) is 5.16 Å². The molecule has 1 fully saturated rings. The molecular formula is C10H19N3O3. The quantitative estimate of drug-likeness (QED) is 0.275. The van der Waals surface area contributed by atoms with Crippen LogP contribution in [-0.2, 0) is 9.53 Å². The molecule has 0 bridgehead atoms. The Balaban J connectivity index is 2.47. The van der Waals surface area contributed by atoms with E-state index >= 15 is 0 Å². The van der Waals surface area contributed by atoms with Crippen LogP contribution in [0.5, 0.6) is 0 Å². The fraction of sp³-hybridized carbons (Fsp3) is 0.800. The van der Waals surface area contributed by atoms with Crippen molar-refractivity contribution in [1.82, 2.24) is 5.32 Å². The van der Waals surface area contributed by atoms with E-state index in [1.165, 1.54) is 0 Å². The van der Waals surface area contributed by atoms with Crippen molar-refractivity contribution < 1.29 is 14.7 Å². The number of rotatable bonds is 4. The molecular weight excluding hydrogens is 210 g/mol. The van der Waals surface area contributed by atoms with Gasteiger partial charge in [0.2, 0.25) is 5.91 Å². The molecule has 0 radical (unpaired) electrons. The van der Waals surface area contributed by atoms with Crippen LogP contribution in [0, 0.1) is 5.41 Å². The maximum Gasteiger partial charge on any atom is 0.233 e. The molecule has 4 N–H and O–H groups in total. The van der Waals surface area contributed by atoms with E-state index in [1.54, 1.807) is 21.0 Å². The fourth-order valence-corrected chi connectivity index (χ4v) is 1.48. The van der Waals surface area contributed by atoms with E-state index in [-0.39, 0.29) is 23.9 Å². The smallest absolute Gasteiger partial charge is 0.233 e. The van der Waals surface area contributed by atoms with Crippen molar-refractivity contribution in [3.8, 4) is 0 Å². The van der Waals surface area contributed by atoms with Crippen molar-refractivity contribution in [1.29, 1.82) is 0 Å². The van der Waals surface area contributed by atoms with Crippen LogP contribution in [0.4, 0.5) is 0 Å². The molecule has 6 heteroatoms. The first-order chi connectivity index (χ1) is 7.41. The first kappa shape index (κ1) is 12.8. The van der Waals surface area contributed by atoms with Gasteiger partial charge in [-0.3, -0.25) is 4.79 Å². The van der Waals surface area contributed by atoms with Gasteiger partial charge >= 0.3 is 0 Å². The molecule has 6 nitrogen and oxygen atoms in total. The topological polar surface area (TPSA) is 96.9 Å². The summed E-state index contributed by atoms with van der Waals surface area (Å²) < 4.78 is 5.11. The summed E-state index contributed by atoms with van der Waals surface area (Å²) in [6.45, 7) is 3.23. The number of methoxy groups -OCH3 is 1. The summed E-state index contributed by atoms with van der Waals surface area (Å²) in [5, 5.41) is 14.3. The number of amidine groups is 1. The summed E-state index contributed by atoms with van der Waals surface area (Å²) in [4.78, 5) is 11.8. The molecule has 0 heterocycles. The van der Waals surface area contributed by atoms with Gasteiger partial charge in [-0.1, -0.05) is 5.16 Å². The molecule has 0 saturated heterocycles. The molecule has 1 amide bonds. The van der Waals surface area contributed by atoms with E-state index in [0.717, 1.165) is 12.8 Å². The standard InChI is InChI=1S/C10H19N3O3/c1-10(2,8(11)13-15)9(14)12-6-4-7(5-6)16-3/h6-7,15H,4-5H2,1-3H3,(H2,11,13)(H,12,14). The van der Waals surface area contributed by atoms with Crippen LogP contribution in [0.3, 0.4) is 0 Å². The van der Waals surface area contributed by atoms with Gasteiger partial charge in [0.1, 0.15) is 5.41 Å². The molecule has 0 atom stereocenters. The highest BCUT2D eigenvalue weighted by Gasteiger charge is 2.37. The minimum absolute atomic E-state index is 0.0902. The summed E-state index contributed by atoms with van der Waals surface area (Å²) >= 11 is 0. The van der Waals surface area contributed by atoms with Crippen LogP contribution in [-0.4, -0.2) is 36.2 Å². The molecule has 0 unspecified atom stereocenters. The maximum atomic E-state index is 11.8. The Kier molecular flexibility index (Phi) is 3.74. The number of nitrogens with two attached hydrogens (primary N) is 1. The summed E-state index contributed by atoms with van der Waals surface area (Å²) in [6.07, 6.45) is 1.86. The maximum absolute atomic E-state index is 11.8. The Bertz CT molecular complexity index is 296. The predicted octanol–water partition coefficient (Wildman–Crippen LogP) is 0.0526. The van der Waals surface area contributed by atoms with Gasteiger partial charge in [0.05, 0.1) is 6.10 Å². The van der Waals surface area contributed by atoms with Crippen molar-refractivity contribution in [2.24, 2.45) is 16.3 Å². The highest BCUT2D eigenvalue weighted by atomic mass is 16.5. The lowest BCUT2D eigenvalue weighted by Gasteiger charge is -2.36. The Labute approximate surface area is 94.8 Å². The third kappa shape index (κ3) is 2.44. The minimum atomic E-state index is -0.993. The van der Waals surface area contributed by atoms with E-state index in [0.29, 0.717) is 0 Å². The van der Waals surface area contributed by atoms with Crippen LogP contribution >= 0.6 is 0 Å². The van der Waals surface area contributed by atoms with Gasteiger partial charge in [-0.2, -0.15) is 0 Å². The third-order valence-corrected chi connectivity index (χ3v) is 3.08. The van der Waals surface area contributed by atoms with E-state index in [4.69, 9.17) is 15.7 Å². The van der Waals surface area contributed by atoms with E-state index in [9.17, 15) is 4.79 Å². The van der Waals surface area contributed by atoms with Gasteiger partial charge in [0.15, 0.2) is 5.84 Å². The van der Waals surface area contributed by atoms with Crippen LogP contribution < -0.4 is 11.1 Å². The number of nitrogens with zero attached hydrogens (tertiary/aromatic N) is 1. The monoisotopic (exact) mass is 229 g/mol. The molecule has 0 spiro atoms. The second kappa shape index (κ2) is 4.69. The number of carbonyl (C=O) groups is 1. The second-order valence-corrected chi connectivity index (χ2v) is 4.61. The number of carbonyl (C=O) groups excluding carboxylic acids is 1. The summed E-state index contributed by atoms with van der Waals surface area (Å²) in [6, 6.07) is 0.128. The highest BCUT2D eigenvalue weighted by Crippen LogP contribution is 2.24. The van der Waals surface area contributed by atoms with Crippen molar-refractivity contribution in [2.75, 3.05) is 7.11 Å². The van der Waals surface area contributed by atoms with E-state index < -0.39 is 5.41 Å². The molecule has 0 aromatic heterocycles. The Morgan fingerprint density at radius 2 is 2.12 bits per heavy atom. The van der Waals surface area contributed by atoms with Gasteiger partial charge < -0.3 is 21.0 Å². The lowest BCUT2D eigenvalue weighted by Crippen LogP contribution is -2.54. The van der Waals surface area contributed by atoms with E-state index in [2.05, 4.69) is 10.5 Å². The number of amides is 1. The number of oxime groups is 1. The molecule has 1 saturated carbocycles. The molecule has 1 aliphatic carbocycles. The zero-order chi connectivity index (χ0) is 12.3. The lowest BCUT2D eigenvalue weighted by atomic mass is 9.86. The number of hydrogen-bond donors (Lipinski definition) is 3. The molecule has 92 valence electrons. The Hall–Kier alpha value is -1.30. The van der Waals surface area contributed by atoms with Gasteiger partial charge in [-0.05, 0) is 26.7 Å². The number of ether oxygens (including phenoxy) is 1. The predicted molar refractivity (Wildman–Crippen MR) is 59.2 cm³/mol. The lowest BCUT2D eigenvalue weighted by molar-refractivity contribution is -0.128. The fourth-order valence-electron chi connectivity index (χ4n) is 1.48. The average molecular weight is 229 g/mol. The number of nitrogens with one attached hydrogen (secondary N) is 1.